The van der Waals surface area contributed by atoms with Crippen LogP contribution >= 0.6 is 0 Å². The summed E-state index contributed by atoms with van der Waals surface area (Å²) in [6.45, 7) is 9.81. The van der Waals surface area contributed by atoms with E-state index in [1.165, 1.54) is 100 Å². The summed E-state index contributed by atoms with van der Waals surface area (Å²) in [5.41, 5.74) is 19.6. The molecule has 0 saturated carbocycles. The van der Waals surface area contributed by atoms with Crippen LogP contribution in [0.15, 0.2) is 206 Å². The average Bonchev–Trinajstić information content (AvgIpc) is 3.78. The van der Waals surface area contributed by atoms with E-state index in [1.54, 1.807) is 0 Å². The number of nitrogens with zero attached hydrogens (tertiary/aromatic N) is 2. The van der Waals surface area contributed by atoms with Gasteiger partial charge in [-0.25, -0.2) is 0 Å². The van der Waals surface area contributed by atoms with Gasteiger partial charge in [-0.1, -0.05) is 198 Å². The molecule has 3 aliphatic carbocycles. The number of hydrogen-bond donors (Lipinski definition) is 0. The van der Waals surface area contributed by atoms with Crippen LogP contribution in [0.1, 0.15) is 78.1 Å². The van der Waals surface area contributed by atoms with Gasteiger partial charge in [-0.2, -0.15) is 0 Å². The molecule has 0 N–H and O–H groups in total. The molecule has 0 radical (unpaired) electrons. The number of aromatic nitrogens is 1. The summed E-state index contributed by atoms with van der Waals surface area (Å²) in [6, 6.07) is 69.1. The molecule has 0 amide bonds. The molecule has 9 aromatic rings. The summed E-state index contributed by atoms with van der Waals surface area (Å²) in [7, 11) is 0. The van der Waals surface area contributed by atoms with Crippen molar-refractivity contribution in [3.05, 3.63) is 251 Å². The Morgan fingerprint density at radius 2 is 1.14 bits per heavy atom. The molecule has 0 saturated heterocycles. The summed E-state index contributed by atoms with van der Waals surface area (Å²) >= 11 is 0. The summed E-state index contributed by atoms with van der Waals surface area (Å²) in [5, 5.41) is 2.58. The molecule has 8 aromatic carbocycles. The Hall–Kier alpha value is -7.16. The molecule has 13 rings (SSSR count). The lowest BCUT2D eigenvalue weighted by Gasteiger charge is -2.51. The second-order valence-corrected chi connectivity index (χ2v) is 19.2. The van der Waals surface area contributed by atoms with Gasteiger partial charge >= 0.3 is 0 Å². The summed E-state index contributed by atoms with van der Waals surface area (Å²) in [6.07, 6.45) is 9.32. The number of hydrogen-bond acceptors (Lipinski definition) is 1. The third kappa shape index (κ3) is 4.68. The van der Waals surface area contributed by atoms with Crippen molar-refractivity contribution in [1.29, 1.82) is 0 Å². The number of rotatable bonds is 4. The number of anilines is 3. The molecule has 3 unspecified atom stereocenters. The van der Waals surface area contributed by atoms with Crippen LogP contribution in [0.2, 0.25) is 0 Å². The number of allylic oxidation sites excluding steroid dienone is 4. The molecule has 3 atom stereocenters. The second-order valence-electron chi connectivity index (χ2n) is 19.2. The Morgan fingerprint density at radius 3 is 2.02 bits per heavy atom. The van der Waals surface area contributed by atoms with Crippen LogP contribution in [-0.4, -0.2) is 4.57 Å². The Labute approximate surface area is 370 Å². The monoisotopic (exact) mass is 808 g/mol. The molecule has 1 aromatic heterocycles. The van der Waals surface area contributed by atoms with Gasteiger partial charge in [-0.05, 0) is 97.8 Å². The number of benzene rings is 8. The maximum absolute atomic E-state index is 2.61. The fourth-order valence-electron chi connectivity index (χ4n) is 12.9. The van der Waals surface area contributed by atoms with E-state index < -0.39 is 5.41 Å². The van der Waals surface area contributed by atoms with E-state index in [0.29, 0.717) is 11.8 Å². The standard InChI is InChI=1S/C61H48N2/c1-59(2)46-26-11-8-23-42(46)43-37-36-40(38-52(43)59)62(53-32-15-9-22-41(53)39-20-6-5-7-21-39)56-35-19-30-50-57(56)60(3,4)47-27-12-13-28-48(47)61(50)49-29-14-17-34-55(49)63-54-33-16-10-24-44(54)45-25-18-31-51(61)58(45)63/h5-38,42,46H,1-4H3. The van der Waals surface area contributed by atoms with Gasteiger partial charge in [0.2, 0.25) is 0 Å². The van der Waals surface area contributed by atoms with Crippen molar-refractivity contribution in [3.8, 4) is 16.8 Å². The van der Waals surface area contributed by atoms with E-state index >= 15 is 0 Å². The van der Waals surface area contributed by atoms with Crippen molar-refractivity contribution in [2.24, 2.45) is 5.92 Å². The first-order valence-corrected chi connectivity index (χ1v) is 22.6. The summed E-state index contributed by atoms with van der Waals surface area (Å²) < 4.78 is 2.54. The van der Waals surface area contributed by atoms with E-state index in [4.69, 9.17) is 0 Å². The van der Waals surface area contributed by atoms with E-state index in [-0.39, 0.29) is 10.8 Å². The predicted octanol–water partition coefficient (Wildman–Crippen LogP) is 15.4. The number of para-hydroxylation sites is 4. The maximum atomic E-state index is 2.61. The maximum Gasteiger partial charge on any atom is 0.0749 e. The molecule has 302 valence electrons. The highest BCUT2D eigenvalue weighted by molar-refractivity contribution is 6.12. The van der Waals surface area contributed by atoms with E-state index in [0.717, 1.165) is 0 Å². The molecule has 2 heteroatoms. The lowest BCUT2D eigenvalue weighted by Crippen LogP contribution is -2.44. The SMILES string of the molecule is CC1(C)c2ccccc2C2(c3ccccc3-n3c4ccccc4c4cccc2c43)c2cccc(N(c3ccc4c(c3)C(C)(C)C3C=CC=CC43)c3ccccc3-c3ccccc3)c21. The highest BCUT2D eigenvalue weighted by atomic mass is 15.2. The van der Waals surface area contributed by atoms with Gasteiger partial charge in [0.1, 0.15) is 0 Å². The normalized spacial score (nSPS) is 20.3. The lowest BCUT2D eigenvalue weighted by molar-refractivity contribution is 0.394. The Bertz CT molecular complexity index is 3430. The molecule has 2 nitrogen and oxygen atoms in total. The molecule has 0 fully saturated rings. The predicted molar refractivity (Wildman–Crippen MR) is 262 cm³/mol. The van der Waals surface area contributed by atoms with Crippen molar-refractivity contribution in [2.45, 2.75) is 49.9 Å². The number of fused-ring (bicyclic) bond motifs is 14. The molecule has 2 heterocycles. The van der Waals surface area contributed by atoms with Crippen molar-refractivity contribution in [3.63, 3.8) is 0 Å². The first-order chi connectivity index (χ1) is 30.8. The highest BCUT2D eigenvalue weighted by Crippen LogP contribution is 2.63. The summed E-state index contributed by atoms with van der Waals surface area (Å²) in [5.74, 6) is 0.797. The third-order valence-electron chi connectivity index (χ3n) is 15.5. The second kappa shape index (κ2) is 12.9. The molecule has 4 aliphatic rings. The van der Waals surface area contributed by atoms with E-state index in [2.05, 4.69) is 243 Å². The molecular formula is C61H48N2. The van der Waals surface area contributed by atoms with Crippen LogP contribution in [0.3, 0.4) is 0 Å². The average molecular weight is 809 g/mol. The van der Waals surface area contributed by atoms with Crippen LogP contribution in [-0.2, 0) is 16.2 Å². The third-order valence-corrected chi connectivity index (χ3v) is 15.5. The van der Waals surface area contributed by atoms with Crippen molar-refractivity contribution < 1.29 is 0 Å². The molecule has 1 spiro atoms. The zero-order valence-electron chi connectivity index (χ0n) is 36.2. The molecule has 0 bridgehead atoms. The lowest BCUT2D eigenvalue weighted by atomic mass is 9.53. The topological polar surface area (TPSA) is 8.17 Å². The highest BCUT2D eigenvalue weighted by Gasteiger charge is 2.54. The quantitative estimate of drug-likeness (QED) is 0.172. The first-order valence-electron chi connectivity index (χ1n) is 22.6. The largest absolute Gasteiger partial charge is 0.310 e. The van der Waals surface area contributed by atoms with Gasteiger partial charge in [0, 0.05) is 33.4 Å². The van der Waals surface area contributed by atoms with Crippen LogP contribution < -0.4 is 4.90 Å². The van der Waals surface area contributed by atoms with Crippen LogP contribution in [0.4, 0.5) is 17.1 Å². The van der Waals surface area contributed by atoms with E-state index in [9.17, 15) is 0 Å². The van der Waals surface area contributed by atoms with Crippen LogP contribution in [0.5, 0.6) is 0 Å². The first kappa shape index (κ1) is 36.5. The van der Waals surface area contributed by atoms with Gasteiger partial charge in [-0.15, -0.1) is 0 Å². The van der Waals surface area contributed by atoms with Crippen molar-refractivity contribution in [2.75, 3.05) is 4.90 Å². The zero-order chi connectivity index (χ0) is 42.2. The molecule has 63 heavy (non-hydrogen) atoms. The summed E-state index contributed by atoms with van der Waals surface area (Å²) in [4.78, 5) is 2.61. The minimum absolute atomic E-state index is 0.0385. The Balaban J connectivity index is 1.17. The van der Waals surface area contributed by atoms with Crippen LogP contribution in [0, 0.1) is 5.92 Å². The van der Waals surface area contributed by atoms with Gasteiger partial charge in [0.25, 0.3) is 0 Å². The molecular weight excluding hydrogens is 761 g/mol. The van der Waals surface area contributed by atoms with Gasteiger partial charge in [-0.3, -0.25) is 0 Å². The van der Waals surface area contributed by atoms with Gasteiger partial charge in [0.15, 0.2) is 0 Å². The fourth-order valence-corrected chi connectivity index (χ4v) is 12.9. The van der Waals surface area contributed by atoms with E-state index in [1.807, 2.05) is 0 Å². The minimum Gasteiger partial charge on any atom is -0.310 e. The van der Waals surface area contributed by atoms with Crippen molar-refractivity contribution >= 4 is 38.9 Å². The molecule has 1 aliphatic heterocycles. The van der Waals surface area contributed by atoms with Crippen molar-refractivity contribution in [1.82, 2.24) is 4.57 Å². The van der Waals surface area contributed by atoms with Gasteiger partial charge in [0.05, 0.1) is 33.5 Å². The Kier molecular flexibility index (Phi) is 7.49. The smallest absolute Gasteiger partial charge is 0.0749 e. The zero-order valence-corrected chi connectivity index (χ0v) is 36.2. The Morgan fingerprint density at radius 1 is 0.492 bits per heavy atom. The van der Waals surface area contributed by atoms with Gasteiger partial charge < -0.3 is 9.47 Å². The fraction of sp³-hybridized carbons (Fsp3) is 0.148. The minimum atomic E-state index is -0.600. The van der Waals surface area contributed by atoms with Crippen LogP contribution in [0.25, 0.3) is 38.6 Å².